The van der Waals surface area contributed by atoms with Crippen LogP contribution in [0.3, 0.4) is 0 Å². The minimum Gasteiger partial charge on any atom is -0.395 e. The number of piperidine rings is 1. The van der Waals surface area contributed by atoms with Crippen molar-refractivity contribution in [1.82, 2.24) is 14.8 Å². The zero-order chi connectivity index (χ0) is 21.0. The molecule has 0 saturated carbocycles. The summed E-state index contributed by atoms with van der Waals surface area (Å²) in [5.41, 5.74) is 5.29. The highest BCUT2D eigenvalue weighted by Crippen LogP contribution is 2.44. The molecule has 1 N–H and O–H groups in total. The largest absolute Gasteiger partial charge is 0.395 e. The van der Waals surface area contributed by atoms with Gasteiger partial charge in [0.25, 0.3) is 0 Å². The first-order valence-electron chi connectivity index (χ1n) is 10.9. The van der Waals surface area contributed by atoms with Crippen LogP contribution in [0, 0.1) is 5.92 Å². The molecule has 0 bridgehead atoms. The number of carbonyl (C=O) groups is 1. The number of ether oxygens (including phenoxy) is 1. The number of carbonyl (C=O) groups excluding carboxylic acids is 1. The van der Waals surface area contributed by atoms with Crippen molar-refractivity contribution in [3.8, 4) is 0 Å². The Morgan fingerprint density at radius 3 is 2.87 bits per heavy atom. The van der Waals surface area contributed by atoms with Gasteiger partial charge in [-0.05, 0) is 30.9 Å². The monoisotopic (exact) mass is 429 g/mol. The second kappa shape index (κ2) is 9.56. The van der Waals surface area contributed by atoms with E-state index in [0.717, 1.165) is 38.2 Å². The molecule has 2 aromatic rings. The molecule has 7 heteroatoms. The summed E-state index contributed by atoms with van der Waals surface area (Å²) in [6.07, 6.45) is 2.55. The van der Waals surface area contributed by atoms with Gasteiger partial charge in [-0.25, -0.2) is 4.98 Å². The van der Waals surface area contributed by atoms with Gasteiger partial charge in [-0.2, -0.15) is 0 Å². The number of amides is 1. The molecule has 1 aromatic carbocycles. The Hall–Kier alpha value is -1.80. The third kappa shape index (κ3) is 4.44. The molecule has 1 unspecified atom stereocenters. The van der Waals surface area contributed by atoms with Crippen molar-refractivity contribution in [2.24, 2.45) is 5.92 Å². The summed E-state index contributed by atoms with van der Waals surface area (Å²) in [7, 11) is 0. The van der Waals surface area contributed by atoms with Crippen molar-refractivity contribution in [1.29, 1.82) is 0 Å². The van der Waals surface area contributed by atoms with Gasteiger partial charge >= 0.3 is 0 Å². The number of aliphatic hydroxyl groups excluding tert-OH is 1. The van der Waals surface area contributed by atoms with Gasteiger partial charge in [-0.1, -0.05) is 24.3 Å². The molecule has 3 heterocycles. The molecule has 2 aliphatic rings. The van der Waals surface area contributed by atoms with E-state index in [9.17, 15) is 9.90 Å². The van der Waals surface area contributed by atoms with Crippen LogP contribution in [-0.4, -0.2) is 65.1 Å². The molecule has 1 amide bonds. The van der Waals surface area contributed by atoms with Crippen LogP contribution in [0.15, 0.2) is 35.2 Å². The number of likely N-dealkylation sites (tertiary alicyclic amines) is 1. The molecule has 2 aliphatic heterocycles. The second-order valence-corrected chi connectivity index (χ2v) is 8.98. The van der Waals surface area contributed by atoms with E-state index >= 15 is 0 Å². The van der Waals surface area contributed by atoms with Gasteiger partial charge in [0.1, 0.15) is 0 Å². The Balaban J connectivity index is 1.43. The van der Waals surface area contributed by atoms with Crippen molar-refractivity contribution in [3.05, 3.63) is 52.0 Å². The molecule has 6 nitrogen and oxygen atoms in total. The molecule has 1 aromatic heterocycles. The third-order valence-electron chi connectivity index (χ3n) is 6.51. The molecule has 1 spiro atoms. The summed E-state index contributed by atoms with van der Waals surface area (Å²) in [5.74, 6) is -0.0354. The Kier molecular flexibility index (Phi) is 6.83. The standard InChI is InChI=1S/C23H31N3O3S/c1-2-26(11-12-27)22(28)19(13-20-16-30-17-24-20)14-25-9-7-23(8-10-25)21-6-4-3-5-18(21)15-29-23/h3-6,16-17,19,27H,2,7-15H2,1H3. The molecular weight excluding hydrogens is 398 g/mol. The lowest BCUT2D eigenvalue weighted by molar-refractivity contribution is -0.137. The number of benzene rings is 1. The maximum absolute atomic E-state index is 13.2. The fourth-order valence-corrected chi connectivity index (χ4v) is 5.40. The normalized spacial score (nSPS) is 19.0. The lowest BCUT2D eigenvalue weighted by Gasteiger charge is -2.40. The number of hydrogen-bond acceptors (Lipinski definition) is 6. The summed E-state index contributed by atoms with van der Waals surface area (Å²) in [4.78, 5) is 21.8. The smallest absolute Gasteiger partial charge is 0.227 e. The van der Waals surface area contributed by atoms with Gasteiger partial charge in [0.05, 0.1) is 35.9 Å². The van der Waals surface area contributed by atoms with Crippen LogP contribution in [0.5, 0.6) is 0 Å². The summed E-state index contributed by atoms with van der Waals surface area (Å²) in [6, 6.07) is 8.56. The number of hydrogen-bond donors (Lipinski definition) is 1. The van der Waals surface area contributed by atoms with E-state index in [1.54, 1.807) is 16.2 Å². The number of rotatable bonds is 8. The SMILES string of the molecule is CCN(CCO)C(=O)C(Cc1cscn1)CN1CCC2(CC1)OCc1ccccc12. The minimum atomic E-state index is -0.159. The highest BCUT2D eigenvalue weighted by Gasteiger charge is 2.42. The van der Waals surface area contributed by atoms with E-state index in [1.165, 1.54) is 11.1 Å². The average molecular weight is 430 g/mol. The van der Waals surface area contributed by atoms with Crippen molar-refractivity contribution < 1.29 is 14.6 Å². The van der Waals surface area contributed by atoms with Crippen molar-refractivity contribution in [3.63, 3.8) is 0 Å². The Bertz CT molecular complexity index is 834. The fraction of sp³-hybridized carbons (Fsp3) is 0.565. The van der Waals surface area contributed by atoms with E-state index in [4.69, 9.17) is 4.74 Å². The number of thiazole rings is 1. The lowest BCUT2D eigenvalue weighted by Crippen LogP contribution is -2.48. The van der Waals surface area contributed by atoms with Crippen LogP contribution in [0.4, 0.5) is 0 Å². The number of likely N-dealkylation sites (N-methyl/N-ethyl adjacent to an activating group) is 1. The molecule has 0 radical (unpaired) electrons. The zero-order valence-electron chi connectivity index (χ0n) is 17.6. The van der Waals surface area contributed by atoms with Crippen LogP contribution in [-0.2, 0) is 28.2 Å². The molecule has 0 aliphatic carbocycles. The zero-order valence-corrected chi connectivity index (χ0v) is 18.4. The van der Waals surface area contributed by atoms with Crippen molar-refractivity contribution >= 4 is 17.2 Å². The third-order valence-corrected chi connectivity index (χ3v) is 7.14. The Morgan fingerprint density at radius 1 is 1.37 bits per heavy atom. The van der Waals surface area contributed by atoms with Gasteiger partial charge in [0.15, 0.2) is 0 Å². The molecule has 1 atom stereocenters. The molecule has 1 fully saturated rings. The van der Waals surface area contributed by atoms with E-state index in [2.05, 4.69) is 34.1 Å². The summed E-state index contributed by atoms with van der Waals surface area (Å²) >= 11 is 1.56. The number of aromatic nitrogens is 1. The predicted molar refractivity (Wildman–Crippen MR) is 117 cm³/mol. The highest BCUT2D eigenvalue weighted by atomic mass is 32.1. The predicted octanol–water partition coefficient (Wildman–Crippen LogP) is 2.66. The maximum Gasteiger partial charge on any atom is 0.227 e. The van der Waals surface area contributed by atoms with Gasteiger partial charge < -0.3 is 19.6 Å². The van der Waals surface area contributed by atoms with E-state index < -0.39 is 0 Å². The lowest BCUT2D eigenvalue weighted by atomic mass is 9.83. The van der Waals surface area contributed by atoms with E-state index in [0.29, 0.717) is 26.1 Å². The van der Waals surface area contributed by atoms with Gasteiger partial charge in [-0.3, -0.25) is 4.79 Å². The van der Waals surface area contributed by atoms with Crippen LogP contribution in [0.1, 0.15) is 36.6 Å². The van der Waals surface area contributed by atoms with E-state index in [-0.39, 0.29) is 24.0 Å². The van der Waals surface area contributed by atoms with Crippen molar-refractivity contribution in [2.75, 3.05) is 39.3 Å². The summed E-state index contributed by atoms with van der Waals surface area (Å²) in [5, 5.41) is 11.4. The number of nitrogens with zero attached hydrogens (tertiary/aromatic N) is 3. The molecule has 1 saturated heterocycles. The van der Waals surface area contributed by atoms with E-state index in [1.807, 2.05) is 17.8 Å². The first-order chi connectivity index (χ1) is 14.6. The number of fused-ring (bicyclic) bond motifs is 2. The van der Waals surface area contributed by atoms with Gasteiger partial charge in [-0.15, -0.1) is 11.3 Å². The summed E-state index contributed by atoms with van der Waals surface area (Å²) < 4.78 is 6.29. The van der Waals surface area contributed by atoms with Crippen molar-refractivity contribution in [2.45, 2.75) is 38.4 Å². The maximum atomic E-state index is 13.2. The Labute approximate surface area is 182 Å². The molecular formula is C23H31N3O3S. The Morgan fingerprint density at radius 2 is 2.17 bits per heavy atom. The first kappa shape index (κ1) is 21.4. The second-order valence-electron chi connectivity index (χ2n) is 8.26. The van der Waals surface area contributed by atoms with Crippen LogP contribution in [0.25, 0.3) is 0 Å². The topological polar surface area (TPSA) is 65.9 Å². The highest BCUT2D eigenvalue weighted by molar-refractivity contribution is 7.07. The first-order valence-corrected chi connectivity index (χ1v) is 11.8. The quantitative estimate of drug-likeness (QED) is 0.699. The average Bonchev–Trinajstić information content (AvgIpc) is 3.41. The van der Waals surface area contributed by atoms with Crippen LogP contribution in [0.2, 0.25) is 0 Å². The fourth-order valence-electron chi connectivity index (χ4n) is 4.83. The molecule has 4 rings (SSSR count). The van der Waals surface area contributed by atoms with Crippen LogP contribution >= 0.6 is 11.3 Å². The van der Waals surface area contributed by atoms with Crippen LogP contribution < -0.4 is 0 Å². The number of aliphatic hydroxyl groups is 1. The minimum absolute atomic E-state index is 0.00795. The molecule has 162 valence electrons. The van der Waals surface area contributed by atoms with Gasteiger partial charge in [0.2, 0.25) is 5.91 Å². The van der Waals surface area contributed by atoms with Gasteiger partial charge in [0, 0.05) is 44.5 Å². The molecule has 30 heavy (non-hydrogen) atoms. The summed E-state index contributed by atoms with van der Waals surface area (Å²) in [6.45, 7) is 6.21.